The molecule has 0 saturated carbocycles. The second-order valence-corrected chi connectivity index (χ2v) is 6.48. The van der Waals surface area contributed by atoms with Crippen molar-refractivity contribution in [3.05, 3.63) is 48.4 Å². The Morgan fingerprint density at radius 2 is 2.19 bits per heavy atom. The molecule has 0 spiro atoms. The molecule has 4 heterocycles. The number of nitrogens with one attached hydrogen (secondary N) is 1. The molecule has 8 heteroatoms. The molecular formula is C18H23N7O. The van der Waals surface area contributed by atoms with Crippen molar-refractivity contribution >= 4 is 11.7 Å². The number of hydrogen-bond donors (Lipinski definition) is 1. The van der Waals surface area contributed by atoms with E-state index in [4.69, 9.17) is 0 Å². The minimum absolute atomic E-state index is 0.0221. The number of amides is 2. The summed E-state index contributed by atoms with van der Waals surface area (Å²) in [6.07, 6.45) is 8.76. The van der Waals surface area contributed by atoms with Gasteiger partial charge in [0.05, 0.1) is 12.6 Å². The van der Waals surface area contributed by atoms with Crippen LogP contribution < -0.4 is 5.32 Å². The third-order valence-electron chi connectivity index (χ3n) is 4.93. The predicted molar refractivity (Wildman–Crippen MR) is 96.4 cm³/mol. The van der Waals surface area contributed by atoms with E-state index in [1.165, 1.54) is 0 Å². The quantitative estimate of drug-likeness (QED) is 0.781. The Bertz CT molecular complexity index is 900. The number of carbonyl (C=O) groups excluding carboxylic acids is 1. The number of urea groups is 1. The van der Waals surface area contributed by atoms with E-state index in [2.05, 4.69) is 32.0 Å². The first-order valence-corrected chi connectivity index (χ1v) is 9.12. The Morgan fingerprint density at radius 3 is 3.08 bits per heavy atom. The molecule has 26 heavy (non-hydrogen) atoms. The monoisotopic (exact) mass is 353 g/mol. The van der Waals surface area contributed by atoms with Crippen LogP contribution in [0.2, 0.25) is 0 Å². The summed E-state index contributed by atoms with van der Waals surface area (Å²) in [5.74, 6) is 1.69. The Morgan fingerprint density at radius 1 is 1.27 bits per heavy atom. The Hall–Kier alpha value is -2.90. The van der Waals surface area contributed by atoms with Gasteiger partial charge in [-0.05, 0) is 38.3 Å². The minimum atomic E-state index is -0.0759. The summed E-state index contributed by atoms with van der Waals surface area (Å²) in [6, 6.07) is 5.68. The van der Waals surface area contributed by atoms with Crippen LogP contribution >= 0.6 is 0 Å². The molecule has 1 saturated heterocycles. The lowest BCUT2D eigenvalue weighted by molar-refractivity contribution is 0.145. The van der Waals surface area contributed by atoms with E-state index < -0.39 is 0 Å². The average Bonchev–Trinajstić information content (AvgIpc) is 3.33. The number of rotatable bonds is 4. The van der Waals surface area contributed by atoms with E-state index in [9.17, 15) is 4.79 Å². The van der Waals surface area contributed by atoms with Crippen molar-refractivity contribution in [2.75, 3.05) is 6.54 Å². The average molecular weight is 353 g/mol. The van der Waals surface area contributed by atoms with Crippen LogP contribution in [0.5, 0.6) is 0 Å². The van der Waals surface area contributed by atoms with Crippen molar-refractivity contribution in [2.45, 2.75) is 45.3 Å². The van der Waals surface area contributed by atoms with Gasteiger partial charge in [0.2, 0.25) is 0 Å². The van der Waals surface area contributed by atoms with Crippen molar-refractivity contribution < 1.29 is 4.79 Å². The molecule has 2 amide bonds. The highest BCUT2D eigenvalue weighted by molar-refractivity contribution is 5.74. The summed E-state index contributed by atoms with van der Waals surface area (Å²) in [5.41, 5.74) is 0.776. The lowest BCUT2D eigenvalue weighted by atomic mass is 10.0. The third kappa shape index (κ3) is 3.02. The van der Waals surface area contributed by atoms with Crippen LogP contribution in [0.15, 0.2) is 36.8 Å². The minimum Gasteiger partial charge on any atom is -0.333 e. The lowest BCUT2D eigenvalue weighted by Crippen LogP contribution is -2.45. The topological polar surface area (TPSA) is 80.3 Å². The van der Waals surface area contributed by atoms with Crippen LogP contribution in [-0.2, 0) is 13.1 Å². The summed E-state index contributed by atoms with van der Waals surface area (Å²) in [5, 5.41) is 11.3. The first-order chi connectivity index (χ1) is 12.8. The molecule has 1 aliphatic rings. The molecule has 1 N–H and O–H groups in total. The Kier molecular flexibility index (Phi) is 4.55. The van der Waals surface area contributed by atoms with Gasteiger partial charge >= 0.3 is 6.03 Å². The van der Waals surface area contributed by atoms with E-state index in [-0.39, 0.29) is 12.1 Å². The van der Waals surface area contributed by atoms with Crippen LogP contribution in [0, 0.1) is 0 Å². The number of nitrogens with zero attached hydrogens (tertiary/aromatic N) is 6. The number of pyridine rings is 1. The largest absolute Gasteiger partial charge is 0.333 e. The fourth-order valence-electron chi connectivity index (χ4n) is 3.60. The maximum Gasteiger partial charge on any atom is 0.318 e. The Labute approximate surface area is 151 Å². The van der Waals surface area contributed by atoms with Gasteiger partial charge in [-0.15, -0.1) is 10.2 Å². The SMILES string of the molecule is CCn1ccnc1C1CCCCN1C(=O)NCc1nnc2ccccn12. The number of aromatic nitrogens is 5. The molecule has 0 aliphatic carbocycles. The zero-order chi connectivity index (χ0) is 17.9. The highest BCUT2D eigenvalue weighted by atomic mass is 16.2. The molecule has 8 nitrogen and oxygen atoms in total. The second kappa shape index (κ2) is 7.15. The van der Waals surface area contributed by atoms with Crippen LogP contribution in [-0.4, -0.2) is 41.6 Å². The van der Waals surface area contributed by atoms with Gasteiger partial charge in [0, 0.05) is 31.7 Å². The van der Waals surface area contributed by atoms with E-state index in [0.717, 1.165) is 49.6 Å². The maximum absolute atomic E-state index is 12.9. The molecule has 0 radical (unpaired) electrons. The third-order valence-corrected chi connectivity index (χ3v) is 4.93. The van der Waals surface area contributed by atoms with Gasteiger partial charge < -0.3 is 14.8 Å². The van der Waals surface area contributed by atoms with Gasteiger partial charge in [-0.25, -0.2) is 9.78 Å². The molecular weight excluding hydrogens is 330 g/mol. The van der Waals surface area contributed by atoms with Crippen LogP contribution in [0.25, 0.3) is 5.65 Å². The van der Waals surface area contributed by atoms with E-state index in [1.807, 2.05) is 46.1 Å². The van der Waals surface area contributed by atoms with Gasteiger partial charge in [0.1, 0.15) is 5.82 Å². The number of piperidine rings is 1. The van der Waals surface area contributed by atoms with Gasteiger partial charge in [-0.3, -0.25) is 4.40 Å². The number of carbonyl (C=O) groups is 1. The predicted octanol–water partition coefficient (Wildman–Crippen LogP) is 2.38. The molecule has 3 aromatic heterocycles. The molecule has 1 unspecified atom stereocenters. The van der Waals surface area contributed by atoms with Gasteiger partial charge in [-0.2, -0.15) is 0 Å². The zero-order valence-corrected chi connectivity index (χ0v) is 14.9. The molecule has 1 fully saturated rings. The number of likely N-dealkylation sites (tertiary alicyclic amines) is 1. The molecule has 1 atom stereocenters. The highest BCUT2D eigenvalue weighted by Crippen LogP contribution is 2.30. The van der Waals surface area contributed by atoms with E-state index in [1.54, 1.807) is 0 Å². The van der Waals surface area contributed by atoms with Crippen molar-refractivity contribution in [1.82, 2.24) is 34.4 Å². The van der Waals surface area contributed by atoms with Crippen LogP contribution in [0.4, 0.5) is 4.79 Å². The van der Waals surface area contributed by atoms with Gasteiger partial charge in [0.25, 0.3) is 0 Å². The molecule has 0 bridgehead atoms. The first-order valence-electron chi connectivity index (χ1n) is 9.12. The fourth-order valence-corrected chi connectivity index (χ4v) is 3.60. The summed E-state index contributed by atoms with van der Waals surface area (Å²) in [7, 11) is 0. The van der Waals surface area contributed by atoms with Crippen molar-refractivity contribution in [1.29, 1.82) is 0 Å². The summed E-state index contributed by atoms with van der Waals surface area (Å²) in [6.45, 7) is 4.03. The molecule has 136 valence electrons. The van der Waals surface area contributed by atoms with Crippen molar-refractivity contribution in [3.63, 3.8) is 0 Å². The number of aryl methyl sites for hydroxylation is 1. The van der Waals surface area contributed by atoms with Gasteiger partial charge in [-0.1, -0.05) is 6.07 Å². The van der Waals surface area contributed by atoms with Crippen LogP contribution in [0.3, 0.4) is 0 Å². The summed E-state index contributed by atoms with van der Waals surface area (Å²) < 4.78 is 4.00. The number of fused-ring (bicyclic) bond motifs is 1. The normalized spacial score (nSPS) is 17.6. The first kappa shape index (κ1) is 16.6. The maximum atomic E-state index is 12.9. The standard InChI is InChI=1S/C18H23N7O/c1-2-23-12-9-19-17(23)14-7-3-5-10-24(14)18(26)20-13-16-22-21-15-8-4-6-11-25(15)16/h4,6,8-9,11-12,14H,2-3,5,7,10,13H2,1H3,(H,20,26). The Balaban J connectivity index is 1.49. The van der Waals surface area contributed by atoms with E-state index >= 15 is 0 Å². The lowest BCUT2D eigenvalue weighted by Gasteiger charge is -2.35. The molecule has 4 rings (SSSR count). The van der Waals surface area contributed by atoms with Crippen molar-refractivity contribution in [3.8, 4) is 0 Å². The summed E-state index contributed by atoms with van der Waals surface area (Å²) in [4.78, 5) is 19.3. The van der Waals surface area contributed by atoms with Gasteiger partial charge in [0.15, 0.2) is 11.5 Å². The van der Waals surface area contributed by atoms with Crippen molar-refractivity contribution in [2.24, 2.45) is 0 Å². The smallest absolute Gasteiger partial charge is 0.318 e. The number of imidazole rings is 1. The fraction of sp³-hybridized carbons (Fsp3) is 0.444. The summed E-state index contributed by atoms with van der Waals surface area (Å²) >= 11 is 0. The molecule has 3 aromatic rings. The molecule has 1 aliphatic heterocycles. The number of hydrogen-bond acceptors (Lipinski definition) is 4. The highest BCUT2D eigenvalue weighted by Gasteiger charge is 2.30. The van der Waals surface area contributed by atoms with E-state index in [0.29, 0.717) is 6.54 Å². The zero-order valence-electron chi connectivity index (χ0n) is 14.9. The van der Waals surface area contributed by atoms with Crippen LogP contribution in [0.1, 0.15) is 43.9 Å². The second-order valence-electron chi connectivity index (χ2n) is 6.48. The molecule has 0 aromatic carbocycles.